The fourth-order valence-electron chi connectivity index (χ4n) is 3.08. The van der Waals surface area contributed by atoms with E-state index < -0.39 is 0 Å². The predicted molar refractivity (Wildman–Crippen MR) is 89.7 cm³/mol. The van der Waals surface area contributed by atoms with Crippen molar-refractivity contribution in [2.45, 2.75) is 39.2 Å². The largest absolute Gasteiger partial charge is 0.376 e. The lowest BCUT2D eigenvalue weighted by molar-refractivity contribution is 0.110. The fraction of sp³-hybridized carbons (Fsp3) is 0.438. The van der Waals surface area contributed by atoms with Gasteiger partial charge in [-0.2, -0.15) is 0 Å². The normalized spacial score (nSPS) is 14.6. The molecule has 0 saturated carbocycles. The van der Waals surface area contributed by atoms with Crippen molar-refractivity contribution in [3.8, 4) is 0 Å². The summed E-state index contributed by atoms with van der Waals surface area (Å²) in [6.07, 6.45) is 5.77. The summed E-state index contributed by atoms with van der Waals surface area (Å²) in [7, 11) is 0. The molecule has 1 aliphatic rings. The smallest absolute Gasteiger partial charge is 0.150 e. The summed E-state index contributed by atoms with van der Waals surface area (Å²) in [6, 6.07) is 0. The molecule has 0 atom stereocenters. The second-order valence-corrected chi connectivity index (χ2v) is 6.90. The zero-order valence-electron chi connectivity index (χ0n) is 12.4. The minimum atomic E-state index is 0.518. The SMILES string of the molecule is CCCCc1nc2sc3c(Cl)ncnc3c2c2c1COCC2. The van der Waals surface area contributed by atoms with E-state index in [1.165, 1.54) is 29.6 Å². The van der Waals surface area contributed by atoms with E-state index >= 15 is 0 Å². The van der Waals surface area contributed by atoms with Gasteiger partial charge in [0.15, 0.2) is 0 Å². The first kappa shape index (κ1) is 14.3. The quantitative estimate of drug-likeness (QED) is 0.670. The number of hydrogen-bond donors (Lipinski definition) is 0. The minimum absolute atomic E-state index is 0.518. The van der Waals surface area contributed by atoms with Crippen molar-refractivity contribution in [2.75, 3.05) is 6.61 Å². The van der Waals surface area contributed by atoms with Gasteiger partial charge in [0.2, 0.25) is 0 Å². The molecule has 0 N–H and O–H groups in total. The van der Waals surface area contributed by atoms with Crippen molar-refractivity contribution < 1.29 is 4.74 Å². The summed E-state index contributed by atoms with van der Waals surface area (Å²) in [6.45, 7) is 3.62. The maximum Gasteiger partial charge on any atom is 0.150 e. The highest BCUT2D eigenvalue weighted by Crippen LogP contribution is 2.39. The summed E-state index contributed by atoms with van der Waals surface area (Å²) < 4.78 is 6.62. The van der Waals surface area contributed by atoms with Crippen molar-refractivity contribution >= 4 is 43.4 Å². The number of ether oxygens (including phenoxy) is 1. The van der Waals surface area contributed by atoms with Crippen LogP contribution in [0, 0.1) is 0 Å². The molecule has 0 unspecified atom stereocenters. The maximum absolute atomic E-state index is 6.24. The molecule has 0 fully saturated rings. The number of fused-ring (bicyclic) bond motifs is 5. The zero-order chi connectivity index (χ0) is 15.1. The van der Waals surface area contributed by atoms with Crippen LogP contribution in [0.25, 0.3) is 20.4 Å². The van der Waals surface area contributed by atoms with Crippen LogP contribution in [-0.4, -0.2) is 21.6 Å². The number of pyridine rings is 1. The van der Waals surface area contributed by atoms with Gasteiger partial charge in [0.1, 0.15) is 16.3 Å². The number of aromatic nitrogens is 3. The first-order valence-corrected chi connectivity index (χ1v) is 8.80. The highest BCUT2D eigenvalue weighted by atomic mass is 35.5. The van der Waals surface area contributed by atoms with E-state index in [9.17, 15) is 0 Å². The van der Waals surface area contributed by atoms with Gasteiger partial charge in [-0.25, -0.2) is 15.0 Å². The number of nitrogens with zero attached hydrogens (tertiary/aromatic N) is 3. The Kier molecular flexibility index (Phi) is 3.72. The van der Waals surface area contributed by atoms with Crippen LogP contribution in [0.5, 0.6) is 0 Å². The Morgan fingerprint density at radius 3 is 3.09 bits per heavy atom. The predicted octanol–water partition coefficient (Wildman–Crippen LogP) is 4.31. The third-order valence-corrected chi connectivity index (χ3v) is 5.65. The number of rotatable bonds is 3. The average Bonchev–Trinajstić information content (AvgIpc) is 2.93. The van der Waals surface area contributed by atoms with Crippen molar-refractivity contribution in [1.29, 1.82) is 0 Å². The van der Waals surface area contributed by atoms with E-state index in [2.05, 4.69) is 16.9 Å². The zero-order valence-corrected chi connectivity index (χ0v) is 13.9. The van der Waals surface area contributed by atoms with Gasteiger partial charge in [0.05, 0.1) is 23.4 Å². The third kappa shape index (κ3) is 2.19. The summed E-state index contributed by atoms with van der Waals surface area (Å²) in [5.74, 6) is 0. The van der Waals surface area contributed by atoms with E-state index in [-0.39, 0.29) is 0 Å². The average molecular weight is 334 g/mol. The monoisotopic (exact) mass is 333 g/mol. The molecular formula is C16H16ClN3OS. The van der Waals surface area contributed by atoms with Crippen LogP contribution >= 0.6 is 22.9 Å². The maximum atomic E-state index is 6.24. The summed E-state index contributed by atoms with van der Waals surface area (Å²) in [5.41, 5.74) is 4.73. The van der Waals surface area contributed by atoms with E-state index in [1.807, 2.05) is 0 Å². The molecular weight excluding hydrogens is 318 g/mol. The lowest BCUT2D eigenvalue weighted by atomic mass is 9.96. The number of thiophene rings is 1. The van der Waals surface area contributed by atoms with Crippen LogP contribution in [0.15, 0.2) is 6.33 Å². The van der Waals surface area contributed by atoms with Crippen LogP contribution in [0.4, 0.5) is 0 Å². The molecule has 4 heterocycles. The number of aryl methyl sites for hydroxylation is 1. The summed E-state index contributed by atoms with van der Waals surface area (Å²) >= 11 is 7.84. The highest BCUT2D eigenvalue weighted by Gasteiger charge is 2.22. The molecule has 0 spiro atoms. The molecule has 1 aliphatic heterocycles. The number of hydrogen-bond acceptors (Lipinski definition) is 5. The first-order valence-electron chi connectivity index (χ1n) is 7.60. The Balaban J connectivity index is 2.04. The summed E-state index contributed by atoms with van der Waals surface area (Å²) in [5, 5.41) is 1.67. The molecule has 0 aromatic carbocycles. The molecule has 6 heteroatoms. The molecule has 0 amide bonds. The van der Waals surface area contributed by atoms with Crippen molar-refractivity contribution in [1.82, 2.24) is 15.0 Å². The van der Waals surface area contributed by atoms with Crippen molar-refractivity contribution in [3.05, 3.63) is 28.3 Å². The molecule has 3 aromatic rings. The van der Waals surface area contributed by atoms with Gasteiger partial charge >= 0.3 is 0 Å². The molecule has 114 valence electrons. The van der Waals surface area contributed by atoms with Crippen LogP contribution in [-0.2, 0) is 24.2 Å². The van der Waals surface area contributed by atoms with Crippen LogP contribution in [0.2, 0.25) is 5.15 Å². The number of halogens is 1. The highest BCUT2D eigenvalue weighted by molar-refractivity contribution is 7.26. The molecule has 0 aliphatic carbocycles. The van der Waals surface area contributed by atoms with Gasteiger partial charge in [-0.3, -0.25) is 0 Å². The molecule has 4 rings (SSSR count). The second-order valence-electron chi connectivity index (χ2n) is 5.55. The Morgan fingerprint density at radius 1 is 1.32 bits per heavy atom. The Hall–Kier alpha value is -1.30. The van der Waals surface area contributed by atoms with Gasteiger partial charge in [-0.1, -0.05) is 24.9 Å². The van der Waals surface area contributed by atoms with Gasteiger partial charge in [-0.15, -0.1) is 11.3 Å². The standard InChI is InChI=1S/C16H16ClN3OS/c1-2-3-4-11-10-7-21-6-5-9(10)12-13-14(22-16(12)20-11)15(17)19-8-18-13/h8H,2-7H2,1H3. The van der Waals surface area contributed by atoms with E-state index in [4.69, 9.17) is 21.3 Å². The van der Waals surface area contributed by atoms with Crippen LogP contribution in [0.1, 0.15) is 36.6 Å². The van der Waals surface area contributed by atoms with E-state index in [0.717, 1.165) is 46.3 Å². The lowest BCUT2D eigenvalue weighted by Crippen LogP contribution is -2.14. The molecule has 4 nitrogen and oxygen atoms in total. The van der Waals surface area contributed by atoms with E-state index in [0.29, 0.717) is 11.8 Å². The Labute approximate surface area is 137 Å². The molecule has 3 aromatic heterocycles. The molecule has 0 saturated heterocycles. The van der Waals surface area contributed by atoms with Crippen molar-refractivity contribution in [2.24, 2.45) is 0 Å². The Bertz CT molecular complexity index is 862. The Morgan fingerprint density at radius 2 is 2.23 bits per heavy atom. The first-order chi connectivity index (χ1) is 10.8. The second kappa shape index (κ2) is 5.72. The van der Waals surface area contributed by atoms with Gasteiger partial charge < -0.3 is 4.74 Å². The van der Waals surface area contributed by atoms with Crippen LogP contribution in [0.3, 0.4) is 0 Å². The molecule has 0 bridgehead atoms. The van der Waals surface area contributed by atoms with Gasteiger partial charge in [0.25, 0.3) is 0 Å². The topological polar surface area (TPSA) is 47.9 Å². The fourth-order valence-corrected chi connectivity index (χ4v) is 4.39. The van der Waals surface area contributed by atoms with Gasteiger partial charge in [0, 0.05) is 16.6 Å². The molecule has 22 heavy (non-hydrogen) atoms. The summed E-state index contributed by atoms with van der Waals surface area (Å²) in [4.78, 5) is 14.5. The lowest BCUT2D eigenvalue weighted by Gasteiger charge is -2.20. The number of unbranched alkanes of at least 4 members (excludes halogenated alkanes) is 1. The van der Waals surface area contributed by atoms with Crippen molar-refractivity contribution in [3.63, 3.8) is 0 Å². The third-order valence-electron chi connectivity index (χ3n) is 4.17. The van der Waals surface area contributed by atoms with Gasteiger partial charge in [-0.05, 0) is 24.8 Å². The van der Waals surface area contributed by atoms with E-state index in [1.54, 1.807) is 11.3 Å². The van der Waals surface area contributed by atoms with Crippen LogP contribution < -0.4 is 0 Å². The molecule has 0 radical (unpaired) electrons. The minimum Gasteiger partial charge on any atom is -0.376 e.